The highest BCUT2D eigenvalue weighted by atomic mass is 14.9. The van der Waals surface area contributed by atoms with Gasteiger partial charge in [0.05, 0.1) is 0 Å². The average molecular weight is 238 g/mol. The molecular formula is C15H30N2. The van der Waals surface area contributed by atoms with Crippen molar-refractivity contribution in [3.05, 3.63) is 0 Å². The summed E-state index contributed by atoms with van der Waals surface area (Å²) < 4.78 is 0. The monoisotopic (exact) mass is 238 g/mol. The Morgan fingerprint density at radius 1 is 1.00 bits per heavy atom. The van der Waals surface area contributed by atoms with Crippen molar-refractivity contribution < 1.29 is 0 Å². The van der Waals surface area contributed by atoms with E-state index in [4.69, 9.17) is 0 Å². The van der Waals surface area contributed by atoms with Crippen molar-refractivity contribution in [1.82, 2.24) is 10.6 Å². The molecule has 1 atom stereocenters. The van der Waals surface area contributed by atoms with Crippen LogP contribution in [0.1, 0.15) is 58.3 Å². The lowest BCUT2D eigenvalue weighted by Gasteiger charge is -2.27. The Bertz CT molecular complexity index is 189. The molecule has 1 saturated carbocycles. The van der Waals surface area contributed by atoms with E-state index in [1.54, 1.807) is 0 Å². The smallest absolute Gasteiger partial charge is 0.00796 e. The molecule has 1 aliphatic carbocycles. The fourth-order valence-corrected chi connectivity index (χ4v) is 3.33. The highest BCUT2D eigenvalue weighted by molar-refractivity contribution is 4.75. The molecule has 1 unspecified atom stereocenters. The summed E-state index contributed by atoms with van der Waals surface area (Å²) in [5.41, 5.74) is 0. The Morgan fingerprint density at radius 3 is 2.65 bits per heavy atom. The maximum absolute atomic E-state index is 3.78. The zero-order chi connectivity index (χ0) is 11.9. The second-order valence-electron chi connectivity index (χ2n) is 6.25. The summed E-state index contributed by atoms with van der Waals surface area (Å²) in [6.45, 7) is 6.09. The molecule has 2 rings (SSSR count). The van der Waals surface area contributed by atoms with E-state index >= 15 is 0 Å². The number of nitrogens with one attached hydrogen (secondary N) is 2. The minimum atomic E-state index is 0.785. The van der Waals surface area contributed by atoms with Crippen LogP contribution in [0.5, 0.6) is 0 Å². The van der Waals surface area contributed by atoms with Gasteiger partial charge in [-0.15, -0.1) is 0 Å². The third kappa shape index (κ3) is 4.97. The summed E-state index contributed by atoms with van der Waals surface area (Å²) >= 11 is 0. The SMILES string of the molecule is CC1CCC(CCNC2CCCNCC2)CC1. The Morgan fingerprint density at radius 2 is 1.82 bits per heavy atom. The van der Waals surface area contributed by atoms with E-state index in [0.717, 1.165) is 17.9 Å². The number of hydrogen-bond donors (Lipinski definition) is 2. The van der Waals surface area contributed by atoms with Gasteiger partial charge in [-0.3, -0.25) is 0 Å². The highest BCUT2D eigenvalue weighted by Crippen LogP contribution is 2.29. The van der Waals surface area contributed by atoms with Crippen LogP contribution in [0.15, 0.2) is 0 Å². The van der Waals surface area contributed by atoms with Crippen LogP contribution in [0.25, 0.3) is 0 Å². The molecule has 0 radical (unpaired) electrons. The largest absolute Gasteiger partial charge is 0.317 e. The van der Waals surface area contributed by atoms with Gasteiger partial charge in [0, 0.05) is 6.04 Å². The van der Waals surface area contributed by atoms with Crippen LogP contribution in [0, 0.1) is 11.8 Å². The van der Waals surface area contributed by atoms with E-state index in [2.05, 4.69) is 17.6 Å². The van der Waals surface area contributed by atoms with Crippen molar-refractivity contribution in [3.63, 3.8) is 0 Å². The standard InChI is InChI=1S/C15H30N2/c1-13-4-6-14(7-5-13)8-12-17-15-3-2-10-16-11-9-15/h13-17H,2-12H2,1H3. The molecule has 0 aromatic rings. The van der Waals surface area contributed by atoms with Gasteiger partial charge in [0.1, 0.15) is 0 Å². The zero-order valence-electron chi connectivity index (χ0n) is 11.5. The average Bonchev–Trinajstić information content (AvgIpc) is 2.60. The molecule has 2 nitrogen and oxygen atoms in total. The van der Waals surface area contributed by atoms with Crippen molar-refractivity contribution in [1.29, 1.82) is 0 Å². The normalized spacial score (nSPS) is 35.5. The Labute approximate surface area is 107 Å². The van der Waals surface area contributed by atoms with E-state index in [-0.39, 0.29) is 0 Å². The van der Waals surface area contributed by atoms with Gasteiger partial charge < -0.3 is 10.6 Å². The van der Waals surface area contributed by atoms with Crippen LogP contribution in [0.3, 0.4) is 0 Å². The topological polar surface area (TPSA) is 24.1 Å². The lowest BCUT2D eigenvalue weighted by atomic mass is 9.81. The summed E-state index contributed by atoms with van der Waals surface area (Å²) in [5, 5.41) is 7.26. The van der Waals surface area contributed by atoms with Crippen LogP contribution in [-0.4, -0.2) is 25.7 Å². The van der Waals surface area contributed by atoms with E-state index in [1.807, 2.05) is 0 Å². The molecule has 0 amide bonds. The summed E-state index contributed by atoms with van der Waals surface area (Å²) in [6.07, 6.45) is 11.4. The molecule has 1 aliphatic heterocycles. The van der Waals surface area contributed by atoms with Gasteiger partial charge in [-0.1, -0.05) is 32.6 Å². The molecule has 0 aromatic heterocycles. The predicted octanol–water partition coefficient (Wildman–Crippen LogP) is 2.93. The molecule has 100 valence electrons. The first-order valence-electron chi connectivity index (χ1n) is 7.78. The third-order valence-corrected chi connectivity index (χ3v) is 4.70. The Balaban J connectivity index is 1.55. The van der Waals surface area contributed by atoms with Gasteiger partial charge in [0.25, 0.3) is 0 Å². The van der Waals surface area contributed by atoms with E-state index in [0.29, 0.717) is 0 Å². The lowest BCUT2D eigenvalue weighted by molar-refractivity contribution is 0.271. The van der Waals surface area contributed by atoms with Crippen molar-refractivity contribution in [2.24, 2.45) is 11.8 Å². The molecule has 1 saturated heterocycles. The number of rotatable bonds is 4. The minimum Gasteiger partial charge on any atom is -0.317 e. The molecule has 17 heavy (non-hydrogen) atoms. The first-order valence-corrected chi connectivity index (χ1v) is 7.78. The second kappa shape index (κ2) is 7.38. The van der Waals surface area contributed by atoms with Crippen LogP contribution in [0.2, 0.25) is 0 Å². The molecule has 2 N–H and O–H groups in total. The zero-order valence-corrected chi connectivity index (χ0v) is 11.5. The van der Waals surface area contributed by atoms with E-state index in [9.17, 15) is 0 Å². The van der Waals surface area contributed by atoms with E-state index in [1.165, 1.54) is 71.0 Å². The van der Waals surface area contributed by atoms with Gasteiger partial charge in [0.15, 0.2) is 0 Å². The fourth-order valence-electron chi connectivity index (χ4n) is 3.33. The molecular weight excluding hydrogens is 208 g/mol. The molecule has 2 aliphatic rings. The van der Waals surface area contributed by atoms with Crippen molar-refractivity contribution in [2.45, 2.75) is 64.3 Å². The lowest BCUT2D eigenvalue weighted by Crippen LogP contribution is -2.32. The fraction of sp³-hybridized carbons (Fsp3) is 1.00. The highest BCUT2D eigenvalue weighted by Gasteiger charge is 2.18. The second-order valence-corrected chi connectivity index (χ2v) is 6.25. The van der Waals surface area contributed by atoms with Crippen molar-refractivity contribution >= 4 is 0 Å². The van der Waals surface area contributed by atoms with Crippen molar-refractivity contribution in [2.75, 3.05) is 19.6 Å². The summed E-state index contributed by atoms with van der Waals surface area (Å²) in [7, 11) is 0. The molecule has 0 bridgehead atoms. The first kappa shape index (κ1) is 13.4. The maximum Gasteiger partial charge on any atom is 0.00796 e. The van der Waals surface area contributed by atoms with Crippen LogP contribution in [-0.2, 0) is 0 Å². The van der Waals surface area contributed by atoms with Crippen molar-refractivity contribution in [3.8, 4) is 0 Å². The van der Waals surface area contributed by atoms with E-state index < -0.39 is 0 Å². The van der Waals surface area contributed by atoms with Gasteiger partial charge in [-0.2, -0.15) is 0 Å². The van der Waals surface area contributed by atoms with Crippen LogP contribution >= 0.6 is 0 Å². The Hall–Kier alpha value is -0.0800. The van der Waals surface area contributed by atoms with Gasteiger partial charge >= 0.3 is 0 Å². The predicted molar refractivity (Wildman–Crippen MR) is 74.3 cm³/mol. The minimum absolute atomic E-state index is 0.785. The molecule has 2 heteroatoms. The Kier molecular flexibility index (Phi) is 5.79. The van der Waals surface area contributed by atoms with Gasteiger partial charge in [0.2, 0.25) is 0 Å². The van der Waals surface area contributed by atoms with Crippen LogP contribution < -0.4 is 10.6 Å². The van der Waals surface area contributed by atoms with Gasteiger partial charge in [-0.25, -0.2) is 0 Å². The third-order valence-electron chi connectivity index (χ3n) is 4.70. The summed E-state index contributed by atoms with van der Waals surface area (Å²) in [6, 6.07) is 0.785. The first-order chi connectivity index (χ1) is 8.34. The number of hydrogen-bond acceptors (Lipinski definition) is 2. The van der Waals surface area contributed by atoms with Crippen LogP contribution in [0.4, 0.5) is 0 Å². The molecule has 1 heterocycles. The molecule has 0 aromatic carbocycles. The maximum atomic E-state index is 3.78. The quantitative estimate of drug-likeness (QED) is 0.787. The summed E-state index contributed by atoms with van der Waals surface area (Å²) in [5.74, 6) is 2.01. The molecule has 2 fully saturated rings. The summed E-state index contributed by atoms with van der Waals surface area (Å²) in [4.78, 5) is 0. The van der Waals surface area contributed by atoms with Gasteiger partial charge in [-0.05, 0) is 57.2 Å². The molecule has 0 spiro atoms.